The molecule has 76 valence electrons. The fourth-order valence-corrected chi connectivity index (χ4v) is 1.69. The second-order valence-corrected chi connectivity index (χ2v) is 4.17. The average Bonchev–Trinajstić information content (AvgIpc) is 2.61. The van der Waals surface area contributed by atoms with Gasteiger partial charge >= 0.3 is 0 Å². The number of carbonyl (C=O) groups is 1. The fourth-order valence-electron chi connectivity index (χ4n) is 1.19. The average molecular weight is 286 g/mol. The third-order valence-corrected chi connectivity index (χ3v) is 2.84. The van der Waals surface area contributed by atoms with Gasteiger partial charge in [0.25, 0.3) is 0 Å². The van der Waals surface area contributed by atoms with Crippen LogP contribution in [0, 0.1) is 0 Å². The number of hydrogen-bond acceptors (Lipinski definition) is 2. The van der Waals surface area contributed by atoms with Crippen molar-refractivity contribution in [3.8, 4) is 5.69 Å². The highest BCUT2D eigenvalue weighted by Gasteiger charge is 2.08. The molecule has 0 aliphatic heterocycles. The van der Waals surface area contributed by atoms with Crippen molar-refractivity contribution in [2.45, 2.75) is 0 Å². The van der Waals surface area contributed by atoms with Crippen LogP contribution in [0.15, 0.2) is 34.9 Å². The SMILES string of the molecule is O=Cc1cnn(-c2ccc(Br)cc2)c1Cl. The molecule has 0 fully saturated rings. The van der Waals surface area contributed by atoms with Crippen molar-refractivity contribution in [2.24, 2.45) is 0 Å². The van der Waals surface area contributed by atoms with Crippen molar-refractivity contribution >= 4 is 33.8 Å². The van der Waals surface area contributed by atoms with Gasteiger partial charge in [0.05, 0.1) is 17.4 Å². The number of rotatable bonds is 2. The van der Waals surface area contributed by atoms with Gasteiger partial charge in [0, 0.05) is 4.47 Å². The van der Waals surface area contributed by atoms with Crippen LogP contribution < -0.4 is 0 Å². The van der Waals surface area contributed by atoms with E-state index in [2.05, 4.69) is 21.0 Å². The minimum absolute atomic E-state index is 0.326. The van der Waals surface area contributed by atoms with Crippen molar-refractivity contribution in [1.82, 2.24) is 9.78 Å². The maximum atomic E-state index is 10.6. The predicted octanol–water partition coefficient (Wildman–Crippen LogP) is 3.10. The second kappa shape index (κ2) is 4.16. The van der Waals surface area contributed by atoms with Crippen molar-refractivity contribution in [3.05, 3.63) is 45.7 Å². The predicted molar refractivity (Wildman–Crippen MR) is 61.7 cm³/mol. The van der Waals surface area contributed by atoms with Gasteiger partial charge in [0.1, 0.15) is 5.15 Å². The monoisotopic (exact) mass is 284 g/mol. The van der Waals surface area contributed by atoms with Crippen LogP contribution >= 0.6 is 27.5 Å². The zero-order valence-corrected chi connectivity index (χ0v) is 9.86. The topological polar surface area (TPSA) is 34.9 Å². The Kier molecular flexibility index (Phi) is 2.88. The number of aldehydes is 1. The first-order valence-electron chi connectivity index (χ1n) is 4.17. The summed E-state index contributed by atoms with van der Waals surface area (Å²) in [5.41, 5.74) is 1.20. The van der Waals surface area contributed by atoms with E-state index in [-0.39, 0.29) is 0 Å². The molecule has 5 heteroatoms. The van der Waals surface area contributed by atoms with Crippen LogP contribution in [-0.4, -0.2) is 16.1 Å². The molecule has 2 rings (SSSR count). The first-order chi connectivity index (χ1) is 7.22. The summed E-state index contributed by atoms with van der Waals surface area (Å²) >= 11 is 9.29. The fraction of sp³-hybridized carbons (Fsp3) is 0. The van der Waals surface area contributed by atoms with Gasteiger partial charge in [0.2, 0.25) is 0 Å². The summed E-state index contributed by atoms with van der Waals surface area (Å²) in [4.78, 5) is 10.6. The van der Waals surface area contributed by atoms with Crippen molar-refractivity contribution in [2.75, 3.05) is 0 Å². The molecule has 0 atom stereocenters. The summed E-state index contributed by atoms with van der Waals surface area (Å²) in [7, 11) is 0. The molecule has 0 bridgehead atoms. The minimum atomic E-state index is 0.326. The van der Waals surface area contributed by atoms with Crippen LogP contribution in [0.1, 0.15) is 10.4 Å². The molecule has 1 heterocycles. The lowest BCUT2D eigenvalue weighted by Crippen LogP contribution is -1.95. The first kappa shape index (κ1) is 10.4. The number of halogens is 2. The van der Waals surface area contributed by atoms with E-state index in [0.717, 1.165) is 10.2 Å². The Bertz CT molecular complexity index is 493. The van der Waals surface area contributed by atoms with Gasteiger partial charge in [-0.05, 0) is 24.3 Å². The van der Waals surface area contributed by atoms with E-state index in [1.807, 2.05) is 24.3 Å². The summed E-state index contributed by atoms with van der Waals surface area (Å²) in [5, 5.41) is 4.35. The van der Waals surface area contributed by atoms with E-state index in [1.54, 1.807) is 0 Å². The van der Waals surface area contributed by atoms with Crippen LogP contribution in [0.4, 0.5) is 0 Å². The van der Waals surface area contributed by atoms with Gasteiger partial charge in [0.15, 0.2) is 6.29 Å². The van der Waals surface area contributed by atoms with Crippen LogP contribution in [0.2, 0.25) is 5.15 Å². The zero-order valence-electron chi connectivity index (χ0n) is 7.52. The van der Waals surface area contributed by atoms with Gasteiger partial charge in [-0.2, -0.15) is 5.10 Å². The molecule has 15 heavy (non-hydrogen) atoms. The van der Waals surface area contributed by atoms with E-state index in [4.69, 9.17) is 11.6 Å². The molecule has 0 saturated heterocycles. The maximum Gasteiger partial charge on any atom is 0.154 e. The molecule has 0 amide bonds. The molecule has 0 radical (unpaired) electrons. The van der Waals surface area contributed by atoms with Crippen LogP contribution in [0.25, 0.3) is 5.69 Å². The van der Waals surface area contributed by atoms with E-state index < -0.39 is 0 Å². The Labute approximate surface area is 99.8 Å². The first-order valence-corrected chi connectivity index (χ1v) is 5.34. The van der Waals surface area contributed by atoms with Gasteiger partial charge < -0.3 is 0 Å². The van der Waals surface area contributed by atoms with Gasteiger partial charge in [-0.1, -0.05) is 27.5 Å². The smallest absolute Gasteiger partial charge is 0.154 e. The van der Waals surface area contributed by atoms with Crippen LogP contribution in [-0.2, 0) is 0 Å². The zero-order chi connectivity index (χ0) is 10.8. The third kappa shape index (κ3) is 1.96. The van der Waals surface area contributed by atoms with E-state index in [0.29, 0.717) is 17.0 Å². The molecule has 3 nitrogen and oxygen atoms in total. The normalized spacial score (nSPS) is 10.3. The molecule has 0 aliphatic carbocycles. The quantitative estimate of drug-likeness (QED) is 0.795. The number of hydrogen-bond donors (Lipinski definition) is 0. The molecule has 1 aromatic heterocycles. The lowest BCUT2D eigenvalue weighted by Gasteiger charge is -2.02. The van der Waals surface area contributed by atoms with Gasteiger partial charge in [-0.25, -0.2) is 4.68 Å². The molecule has 2 aromatic rings. The molecule has 0 N–H and O–H groups in total. The summed E-state index contributed by atoms with van der Waals surface area (Å²) in [5.74, 6) is 0. The lowest BCUT2D eigenvalue weighted by molar-refractivity contribution is 0.112. The summed E-state index contributed by atoms with van der Waals surface area (Å²) < 4.78 is 2.49. The highest BCUT2D eigenvalue weighted by Crippen LogP contribution is 2.20. The molecule has 0 saturated carbocycles. The lowest BCUT2D eigenvalue weighted by atomic mass is 10.3. The molecule has 1 aromatic carbocycles. The van der Waals surface area contributed by atoms with Crippen molar-refractivity contribution in [3.63, 3.8) is 0 Å². The van der Waals surface area contributed by atoms with Gasteiger partial charge in [-0.3, -0.25) is 4.79 Å². The second-order valence-electron chi connectivity index (χ2n) is 2.90. The van der Waals surface area contributed by atoms with Crippen LogP contribution in [0.3, 0.4) is 0 Å². The molecule has 0 unspecified atom stereocenters. The van der Waals surface area contributed by atoms with Crippen molar-refractivity contribution < 1.29 is 4.79 Å². The number of nitrogens with zero attached hydrogens (tertiary/aromatic N) is 2. The van der Waals surface area contributed by atoms with E-state index in [1.165, 1.54) is 10.9 Å². The Morgan fingerprint density at radius 3 is 2.53 bits per heavy atom. The molecular formula is C10H6BrClN2O. The Morgan fingerprint density at radius 2 is 2.00 bits per heavy atom. The Balaban J connectivity index is 2.49. The molecule has 0 spiro atoms. The Hall–Kier alpha value is -1.13. The molecule has 0 aliphatic rings. The summed E-state index contributed by atoms with van der Waals surface area (Å²) in [6, 6.07) is 7.48. The van der Waals surface area contributed by atoms with Gasteiger partial charge in [-0.15, -0.1) is 0 Å². The molecular weight excluding hydrogens is 279 g/mol. The standard InChI is InChI=1S/C10H6BrClN2O/c11-8-1-3-9(4-2-8)14-10(12)7(6-15)5-13-14/h1-6H. The van der Waals surface area contributed by atoms with E-state index in [9.17, 15) is 4.79 Å². The van der Waals surface area contributed by atoms with Crippen molar-refractivity contribution in [1.29, 1.82) is 0 Å². The Morgan fingerprint density at radius 1 is 1.33 bits per heavy atom. The highest BCUT2D eigenvalue weighted by atomic mass is 79.9. The number of benzene rings is 1. The number of aromatic nitrogens is 2. The highest BCUT2D eigenvalue weighted by molar-refractivity contribution is 9.10. The largest absolute Gasteiger partial charge is 0.298 e. The van der Waals surface area contributed by atoms with E-state index >= 15 is 0 Å². The number of carbonyl (C=O) groups excluding carboxylic acids is 1. The summed E-state index contributed by atoms with van der Waals surface area (Å²) in [6.07, 6.45) is 2.13. The third-order valence-electron chi connectivity index (χ3n) is 1.93. The maximum absolute atomic E-state index is 10.6. The van der Waals surface area contributed by atoms with Crippen LogP contribution in [0.5, 0.6) is 0 Å². The summed E-state index contributed by atoms with van der Waals surface area (Å²) in [6.45, 7) is 0. The minimum Gasteiger partial charge on any atom is -0.298 e.